The van der Waals surface area contributed by atoms with Gasteiger partial charge in [0.25, 0.3) is 5.91 Å². The first-order valence-electron chi connectivity index (χ1n) is 9.76. The molecule has 1 fully saturated rings. The van der Waals surface area contributed by atoms with Crippen LogP contribution in [0.25, 0.3) is 0 Å². The number of anilines is 1. The van der Waals surface area contributed by atoms with E-state index in [1.807, 2.05) is 30.5 Å². The largest absolute Gasteiger partial charge is 0.482 e. The molecule has 1 aliphatic carbocycles. The fraction of sp³-hybridized carbons (Fsp3) is 0.381. The maximum absolute atomic E-state index is 12.6. The molecule has 30 heavy (non-hydrogen) atoms. The van der Waals surface area contributed by atoms with Crippen LogP contribution in [0.5, 0.6) is 5.75 Å². The lowest BCUT2D eigenvalue weighted by Gasteiger charge is -2.22. The summed E-state index contributed by atoms with van der Waals surface area (Å²) in [5.41, 5.74) is 0.708. The van der Waals surface area contributed by atoms with Crippen LogP contribution in [0.15, 0.2) is 52.3 Å². The predicted molar refractivity (Wildman–Crippen MR) is 121 cm³/mol. The summed E-state index contributed by atoms with van der Waals surface area (Å²) >= 11 is 7.75. The molecule has 9 heteroatoms. The van der Waals surface area contributed by atoms with E-state index in [2.05, 4.69) is 10.0 Å². The monoisotopic (exact) mass is 468 g/mol. The van der Waals surface area contributed by atoms with Crippen molar-refractivity contribution in [2.24, 2.45) is 0 Å². The van der Waals surface area contributed by atoms with Crippen molar-refractivity contribution in [3.05, 3.63) is 47.5 Å². The molecule has 0 spiro atoms. The van der Waals surface area contributed by atoms with Gasteiger partial charge < -0.3 is 10.1 Å². The van der Waals surface area contributed by atoms with Crippen LogP contribution in [0.4, 0.5) is 5.69 Å². The summed E-state index contributed by atoms with van der Waals surface area (Å²) in [7, 11) is -3.65. The van der Waals surface area contributed by atoms with Crippen LogP contribution in [-0.4, -0.2) is 33.2 Å². The topological polar surface area (TPSA) is 84.5 Å². The molecule has 1 saturated carbocycles. The number of carbonyl (C=O) groups is 1. The van der Waals surface area contributed by atoms with E-state index in [1.54, 1.807) is 0 Å². The van der Waals surface area contributed by atoms with Crippen molar-refractivity contribution in [2.75, 3.05) is 18.2 Å². The lowest BCUT2D eigenvalue weighted by molar-refractivity contribution is -0.118. The number of hydrogen-bond donors (Lipinski definition) is 2. The molecule has 0 aromatic heterocycles. The molecule has 0 radical (unpaired) electrons. The van der Waals surface area contributed by atoms with Gasteiger partial charge in [-0.05, 0) is 49.4 Å². The molecule has 0 aliphatic heterocycles. The highest BCUT2D eigenvalue weighted by atomic mass is 35.5. The Hall–Kier alpha value is -1.74. The molecular formula is C21H25ClN2O4S2. The molecule has 3 rings (SSSR count). The van der Waals surface area contributed by atoms with Gasteiger partial charge in [-0.15, -0.1) is 11.8 Å². The van der Waals surface area contributed by atoms with Gasteiger partial charge in [-0.2, -0.15) is 0 Å². The molecule has 0 saturated heterocycles. The number of benzene rings is 2. The average molecular weight is 469 g/mol. The number of para-hydroxylation sites is 1. The van der Waals surface area contributed by atoms with Gasteiger partial charge in [-0.3, -0.25) is 4.79 Å². The fourth-order valence-electron chi connectivity index (χ4n) is 3.35. The summed E-state index contributed by atoms with van der Waals surface area (Å²) in [5.74, 6) is -0.0789. The van der Waals surface area contributed by atoms with Crippen molar-refractivity contribution in [3.8, 4) is 5.75 Å². The maximum atomic E-state index is 12.6. The first-order valence-corrected chi connectivity index (χ1v) is 12.8. The van der Waals surface area contributed by atoms with E-state index in [4.69, 9.17) is 16.3 Å². The zero-order valence-corrected chi connectivity index (χ0v) is 19.1. The van der Waals surface area contributed by atoms with E-state index in [0.29, 0.717) is 5.69 Å². The molecule has 2 aromatic rings. The van der Waals surface area contributed by atoms with Gasteiger partial charge in [-0.1, -0.05) is 43.0 Å². The average Bonchev–Trinajstić information content (AvgIpc) is 2.73. The number of amides is 1. The standard InChI is InChI=1S/C21H25ClN2O4S2/c1-29-20-10-6-5-9-18(20)23-21(25)14-28-19-12-11-16(13-17(19)22)30(26,27)24-15-7-3-2-4-8-15/h5-6,9-13,15,24H,2-4,7-8,14H2,1H3,(H,23,25). The molecule has 6 nitrogen and oxygen atoms in total. The van der Waals surface area contributed by atoms with Gasteiger partial charge in [0.15, 0.2) is 6.61 Å². The van der Waals surface area contributed by atoms with E-state index in [-0.39, 0.29) is 34.2 Å². The number of halogens is 1. The van der Waals surface area contributed by atoms with Crippen molar-refractivity contribution in [1.29, 1.82) is 0 Å². The lowest BCUT2D eigenvalue weighted by atomic mass is 9.96. The maximum Gasteiger partial charge on any atom is 0.262 e. The van der Waals surface area contributed by atoms with Crippen LogP contribution < -0.4 is 14.8 Å². The Bertz CT molecular complexity index is 992. The summed E-state index contributed by atoms with van der Waals surface area (Å²) in [6.07, 6.45) is 6.84. The lowest BCUT2D eigenvalue weighted by Crippen LogP contribution is -2.36. The minimum Gasteiger partial charge on any atom is -0.482 e. The van der Waals surface area contributed by atoms with Gasteiger partial charge in [0.05, 0.1) is 15.6 Å². The van der Waals surface area contributed by atoms with Crippen LogP contribution in [0.1, 0.15) is 32.1 Å². The SMILES string of the molecule is CSc1ccccc1NC(=O)COc1ccc(S(=O)(=O)NC2CCCCC2)cc1Cl. The first-order chi connectivity index (χ1) is 14.4. The second-order valence-corrected chi connectivity index (χ2v) is 10.1. The van der Waals surface area contributed by atoms with Crippen molar-refractivity contribution >= 4 is 45.0 Å². The Morgan fingerprint density at radius 3 is 2.60 bits per heavy atom. The summed E-state index contributed by atoms with van der Waals surface area (Å²) in [4.78, 5) is 13.3. The molecule has 1 amide bonds. The van der Waals surface area contributed by atoms with E-state index < -0.39 is 10.0 Å². The van der Waals surface area contributed by atoms with Gasteiger partial charge in [0.2, 0.25) is 10.0 Å². The van der Waals surface area contributed by atoms with Crippen molar-refractivity contribution in [3.63, 3.8) is 0 Å². The minimum atomic E-state index is -3.65. The molecular weight excluding hydrogens is 444 g/mol. The quantitative estimate of drug-likeness (QED) is 0.549. The number of carbonyl (C=O) groups excluding carboxylic acids is 1. The Morgan fingerprint density at radius 1 is 1.17 bits per heavy atom. The third-order valence-corrected chi connectivity index (χ3v) is 7.49. The zero-order chi connectivity index (χ0) is 21.6. The minimum absolute atomic E-state index is 0.0358. The van der Waals surface area contributed by atoms with E-state index in [1.165, 1.54) is 30.0 Å². The molecule has 162 valence electrons. The number of thioether (sulfide) groups is 1. The Balaban J connectivity index is 1.60. The second-order valence-electron chi connectivity index (χ2n) is 7.09. The zero-order valence-electron chi connectivity index (χ0n) is 16.7. The predicted octanol–water partition coefficient (Wildman–Crippen LogP) is 4.69. The van der Waals surface area contributed by atoms with E-state index >= 15 is 0 Å². The second kappa shape index (κ2) is 10.5. The Morgan fingerprint density at radius 2 is 1.90 bits per heavy atom. The first kappa shape index (κ1) is 22.9. The van der Waals surface area contributed by atoms with Crippen LogP contribution in [0.3, 0.4) is 0 Å². The number of rotatable bonds is 8. The van der Waals surface area contributed by atoms with Crippen molar-refractivity contribution in [1.82, 2.24) is 4.72 Å². The number of nitrogens with one attached hydrogen (secondary N) is 2. The molecule has 0 unspecified atom stereocenters. The summed E-state index contributed by atoms with van der Waals surface area (Å²) in [5, 5.41) is 2.94. The Labute approximate surface area is 186 Å². The summed E-state index contributed by atoms with van der Waals surface area (Å²) in [6, 6.07) is 11.7. The Kier molecular flexibility index (Phi) is 8.05. The molecule has 0 heterocycles. The third-order valence-electron chi connectivity index (χ3n) is 4.88. The highest BCUT2D eigenvalue weighted by Crippen LogP contribution is 2.29. The van der Waals surface area contributed by atoms with E-state index in [0.717, 1.165) is 37.0 Å². The van der Waals surface area contributed by atoms with Crippen molar-refractivity contribution < 1.29 is 17.9 Å². The van der Waals surface area contributed by atoms with Gasteiger partial charge in [-0.25, -0.2) is 13.1 Å². The highest BCUT2D eigenvalue weighted by Gasteiger charge is 2.22. The van der Waals surface area contributed by atoms with Gasteiger partial charge in [0, 0.05) is 10.9 Å². The fourth-order valence-corrected chi connectivity index (χ4v) is 5.54. The van der Waals surface area contributed by atoms with Crippen LogP contribution >= 0.6 is 23.4 Å². The molecule has 2 N–H and O–H groups in total. The molecule has 2 aromatic carbocycles. The van der Waals surface area contributed by atoms with Crippen LogP contribution in [0, 0.1) is 0 Å². The van der Waals surface area contributed by atoms with Gasteiger partial charge in [0.1, 0.15) is 5.75 Å². The summed E-state index contributed by atoms with van der Waals surface area (Å²) in [6.45, 7) is -0.241. The van der Waals surface area contributed by atoms with Crippen molar-refractivity contribution in [2.45, 2.75) is 47.9 Å². The van der Waals surface area contributed by atoms with E-state index in [9.17, 15) is 13.2 Å². The molecule has 0 bridgehead atoms. The third kappa shape index (κ3) is 6.14. The molecule has 0 atom stereocenters. The highest BCUT2D eigenvalue weighted by molar-refractivity contribution is 7.98. The normalized spacial score (nSPS) is 15.0. The smallest absolute Gasteiger partial charge is 0.262 e. The van der Waals surface area contributed by atoms with Gasteiger partial charge >= 0.3 is 0 Å². The van der Waals surface area contributed by atoms with Crippen LogP contribution in [0.2, 0.25) is 5.02 Å². The summed E-state index contributed by atoms with van der Waals surface area (Å²) < 4.78 is 33.5. The number of ether oxygens (including phenoxy) is 1. The number of hydrogen-bond acceptors (Lipinski definition) is 5. The van der Waals surface area contributed by atoms with Crippen LogP contribution in [-0.2, 0) is 14.8 Å². The number of sulfonamides is 1. The molecule has 1 aliphatic rings.